The van der Waals surface area contributed by atoms with Gasteiger partial charge in [-0.25, -0.2) is 9.97 Å². The first-order chi connectivity index (χ1) is 13.9. The summed E-state index contributed by atoms with van der Waals surface area (Å²) in [5, 5.41) is 3.27. The second-order valence-electron chi connectivity index (χ2n) is 6.44. The van der Waals surface area contributed by atoms with Crippen molar-refractivity contribution in [1.29, 1.82) is 0 Å². The number of hydrogen-bond donors (Lipinski definition) is 3. The van der Waals surface area contributed by atoms with Gasteiger partial charge in [-0.15, -0.1) is 0 Å². The highest BCUT2D eigenvalue weighted by molar-refractivity contribution is 9.10. The number of halogens is 1. The Morgan fingerprint density at radius 1 is 1.14 bits per heavy atom. The molecule has 1 heterocycles. The van der Waals surface area contributed by atoms with Gasteiger partial charge in [0.1, 0.15) is 6.42 Å². The molecule has 3 N–H and O–H groups in total. The Bertz CT molecular complexity index is 919. The number of fused-ring (bicyclic) bond motifs is 1. The molecule has 29 heavy (non-hydrogen) atoms. The number of nitrogens with one attached hydrogen (secondary N) is 3. The topological polar surface area (TPSA) is 122 Å². The van der Waals surface area contributed by atoms with Crippen molar-refractivity contribution < 1.29 is 19.1 Å². The van der Waals surface area contributed by atoms with E-state index >= 15 is 0 Å². The summed E-state index contributed by atoms with van der Waals surface area (Å²) in [7, 11) is 0. The highest BCUT2D eigenvalue weighted by Gasteiger charge is 2.22. The van der Waals surface area contributed by atoms with Crippen molar-refractivity contribution >= 4 is 39.7 Å². The number of hydrogen-bond acceptors (Lipinski definition) is 7. The Hall–Kier alpha value is -3.01. The van der Waals surface area contributed by atoms with Gasteiger partial charge >= 0.3 is 5.97 Å². The van der Waals surface area contributed by atoms with E-state index in [0.717, 1.165) is 17.3 Å². The fourth-order valence-electron chi connectivity index (χ4n) is 2.98. The van der Waals surface area contributed by atoms with E-state index in [-0.39, 0.29) is 18.2 Å². The molecule has 0 saturated heterocycles. The first kappa shape index (κ1) is 20.7. The fraction of sp³-hybridized carbons (Fsp3) is 0.316. The molecule has 0 bridgehead atoms. The van der Waals surface area contributed by atoms with Gasteiger partial charge in [-0.3, -0.25) is 25.2 Å². The lowest BCUT2D eigenvalue weighted by atomic mass is 10.1. The SMILES string of the molecule is CCOC(=O)CC(=O)NNC(=O)c1cnc(NC2Cc3ccc(Br)cc3C2)nc1. The molecule has 0 saturated carbocycles. The summed E-state index contributed by atoms with van der Waals surface area (Å²) >= 11 is 3.48. The quantitative estimate of drug-likeness (QED) is 0.338. The van der Waals surface area contributed by atoms with Crippen LogP contribution >= 0.6 is 15.9 Å². The van der Waals surface area contributed by atoms with Crippen molar-refractivity contribution in [2.75, 3.05) is 11.9 Å². The van der Waals surface area contributed by atoms with Crippen LogP contribution in [0.2, 0.25) is 0 Å². The normalized spacial score (nSPS) is 14.6. The Morgan fingerprint density at radius 3 is 2.59 bits per heavy atom. The van der Waals surface area contributed by atoms with Gasteiger partial charge in [0.05, 0.1) is 12.2 Å². The average Bonchev–Trinajstić information content (AvgIpc) is 3.08. The van der Waals surface area contributed by atoms with Crippen molar-refractivity contribution in [3.05, 3.63) is 51.8 Å². The predicted molar refractivity (Wildman–Crippen MR) is 108 cm³/mol. The van der Waals surface area contributed by atoms with E-state index in [0.29, 0.717) is 5.95 Å². The summed E-state index contributed by atoms with van der Waals surface area (Å²) in [6.45, 7) is 1.82. The van der Waals surface area contributed by atoms with Gasteiger partial charge in [-0.05, 0) is 43.0 Å². The predicted octanol–water partition coefficient (Wildman–Crippen LogP) is 1.53. The number of carbonyl (C=O) groups is 3. The molecule has 10 heteroatoms. The van der Waals surface area contributed by atoms with Gasteiger partial charge in [0.2, 0.25) is 11.9 Å². The van der Waals surface area contributed by atoms with E-state index in [9.17, 15) is 14.4 Å². The molecular formula is C19H20BrN5O4. The zero-order valence-corrected chi connectivity index (χ0v) is 17.3. The van der Waals surface area contributed by atoms with Crippen LogP contribution in [0.1, 0.15) is 34.8 Å². The second kappa shape index (κ2) is 9.46. The molecule has 1 unspecified atom stereocenters. The molecule has 2 aromatic rings. The number of anilines is 1. The van der Waals surface area contributed by atoms with Crippen molar-refractivity contribution in [2.45, 2.75) is 32.2 Å². The van der Waals surface area contributed by atoms with E-state index < -0.39 is 24.2 Å². The first-order valence-electron chi connectivity index (χ1n) is 9.05. The number of ether oxygens (including phenoxy) is 1. The molecule has 1 aromatic heterocycles. The van der Waals surface area contributed by atoms with Gasteiger partial charge < -0.3 is 10.1 Å². The van der Waals surface area contributed by atoms with Crippen LogP contribution in [0.3, 0.4) is 0 Å². The largest absolute Gasteiger partial charge is 0.466 e. The first-order valence-corrected chi connectivity index (χ1v) is 9.84. The molecular weight excluding hydrogens is 442 g/mol. The lowest BCUT2D eigenvalue weighted by Gasteiger charge is -2.12. The number of nitrogens with zero attached hydrogens (tertiary/aromatic N) is 2. The number of hydrazine groups is 1. The van der Waals surface area contributed by atoms with Crippen molar-refractivity contribution in [2.24, 2.45) is 0 Å². The van der Waals surface area contributed by atoms with Gasteiger partial charge in [-0.2, -0.15) is 0 Å². The Kier molecular flexibility index (Phi) is 6.76. The molecule has 0 spiro atoms. The van der Waals surface area contributed by atoms with Crippen LogP contribution in [0.15, 0.2) is 35.1 Å². The highest BCUT2D eigenvalue weighted by Crippen LogP contribution is 2.26. The molecule has 2 amide bonds. The molecule has 1 aliphatic carbocycles. The lowest BCUT2D eigenvalue weighted by molar-refractivity contribution is -0.146. The zero-order chi connectivity index (χ0) is 20.8. The standard InChI is InChI=1S/C19H20BrN5O4/c1-2-29-17(27)8-16(26)24-25-18(28)13-9-21-19(22-10-13)23-15-6-11-3-4-14(20)5-12(11)7-15/h3-5,9-10,15H,2,6-8H2,1H3,(H,24,26)(H,25,28)(H,21,22,23). The van der Waals surface area contributed by atoms with Crippen molar-refractivity contribution in [3.63, 3.8) is 0 Å². The van der Waals surface area contributed by atoms with Crippen LogP contribution in [0, 0.1) is 0 Å². The van der Waals surface area contributed by atoms with Crippen LogP contribution in [0.5, 0.6) is 0 Å². The zero-order valence-electron chi connectivity index (χ0n) is 15.7. The van der Waals surface area contributed by atoms with Gasteiger partial charge in [0, 0.05) is 22.9 Å². The molecule has 3 rings (SSSR count). The molecule has 9 nitrogen and oxygen atoms in total. The van der Waals surface area contributed by atoms with Crippen LogP contribution in [0.4, 0.5) is 5.95 Å². The average molecular weight is 462 g/mol. The number of aromatic nitrogens is 2. The summed E-state index contributed by atoms with van der Waals surface area (Å²) in [6, 6.07) is 6.42. The third-order valence-electron chi connectivity index (χ3n) is 4.27. The Balaban J connectivity index is 1.48. The van der Waals surface area contributed by atoms with Crippen LogP contribution < -0.4 is 16.2 Å². The third-order valence-corrected chi connectivity index (χ3v) is 4.77. The number of carbonyl (C=O) groups excluding carboxylic acids is 3. The van der Waals surface area contributed by atoms with E-state index in [4.69, 9.17) is 0 Å². The summed E-state index contributed by atoms with van der Waals surface area (Å²) in [5.74, 6) is -1.51. The molecule has 0 aliphatic heterocycles. The van der Waals surface area contributed by atoms with E-state index in [1.165, 1.54) is 23.5 Å². The van der Waals surface area contributed by atoms with Crippen molar-refractivity contribution in [1.82, 2.24) is 20.8 Å². The van der Waals surface area contributed by atoms with Gasteiger partial charge in [-0.1, -0.05) is 22.0 Å². The van der Waals surface area contributed by atoms with Crippen LogP contribution in [-0.2, 0) is 27.2 Å². The van der Waals surface area contributed by atoms with Gasteiger partial charge in [0.15, 0.2) is 0 Å². The van der Waals surface area contributed by atoms with Gasteiger partial charge in [0.25, 0.3) is 5.91 Å². The Labute approximate surface area is 175 Å². The van der Waals surface area contributed by atoms with E-state index in [1.807, 2.05) is 6.07 Å². The monoisotopic (exact) mass is 461 g/mol. The molecule has 152 valence electrons. The number of benzene rings is 1. The fourth-order valence-corrected chi connectivity index (χ4v) is 3.39. The number of esters is 1. The number of amides is 2. The maximum absolute atomic E-state index is 12.1. The summed E-state index contributed by atoms with van der Waals surface area (Å²) < 4.78 is 5.71. The van der Waals surface area contributed by atoms with E-state index in [1.54, 1.807) is 6.92 Å². The lowest BCUT2D eigenvalue weighted by Crippen LogP contribution is -2.42. The minimum Gasteiger partial charge on any atom is -0.466 e. The van der Waals surface area contributed by atoms with Crippen molar-refractivity contribution in [3.8, 4) is 0 Å². The maximum atomic E-state index is 12.1. The molecule has 1 aliphatic rings. The molecule has 0 fully saturated rings. The summed E-state index contributed by atoms with van der Waals surface area (Å²) in [4.78, 5) is 43.1. The highest BCUT2D eigenvalue weighted by atomic mass is 79.9. The minimum absolute atomic E-state index is 0.172. The second-order valence-corrected chi connectivity index (χ2v) is 7.36. The minimum atomic E-state index is -0.677. The molecule has 1 atom stereocenters. The van der Waals surface area contributed by atoms with E-state index in [2.05, 4.69) is 58.9 Å². The van der Waals surface area contributed by atoms with Crippen LogP contribution in [-0.4, -0.2) is 40.4 Å². The molecule has 1 aromatic carbocycles. The third kappa shape index (κ3) is 5.74. The Morgan fingerprint density at radius 2 is 1.86 bits per heavy atom. The van der Waals surface area contributed by atoms with Crippen LogP contribution in [0.25, 0.3) is 0 Å². The smallest absolute Gasteiger partial charge is 0.315 e. The molecule has 0 radical (unpaired) electrons. The summed E-state index contributed by atoms with van der Waals surface area (Å²) in [6.07, 6.45) is 3.99. The number of rotatable bonds is 6. The maximum Gasteiger partial charge on any atom is 0.315 e. The summed E-state index contributed by atoms with van der Waals surface area (Å²) in [5.41, 5.74) is 7.10.